The van der Waals surface area contributed by atoms with Crippen molar-refractivity contribution in [1.29, 1.82) is 0 Å². The fourth-order valence-electron chi connectivity index (χ4n) is 2.88. The van der Waals surface area contributed by atoms with Gasteiger partial charge in [-0.3, -0.25) is 4.90 Å². The van der Waals surface area contributed by atoms with Crippen LogP contribution in [0.2, 0.25) is 0 Å². The minimum Gasteiger partial charge on any atom is -0.354 e. The lowest BCUT2D eigenvalue weighted by Gasteiger charge is -2.24. The quantitative estimate of drug-likeness (QED) is 0.766. The van der Waals surface area contributed by atoms with Gasteiger partial charge in [-0.2, -0.15) is 0 Å². The predicted octanol–water partition coefficient (Wildman–Crippen LogP) is 1.76. The molecule has 0 amide bonds. The fourth-order valence-corrected chi connectivity index (χ4v) is 3.52. The summed E-state index contributed by atoms with van der Waals surface area (Å²) in [7, 11) is 0. The Kier molecular flexibility index (Phi) is 3.46. The van der Waals surface area contributed by atoms with Crippen LogP contribution in [0.15, 0.2) is 12.5 Å². The van der Waals surface area contributed by atoms with Crippen LogP contribution in [0.25, 0.3) is 0 Å². The molecule has 1 aromatic heterocycles. The summed E-state index contributed by atoms with van der Waals surface area (Å²) in [5.41, 5.74) is 0. The molecule has 2 saturated heterocycles. The Bertz CT molecular complexity index is 392. The van der Waals surface area contributed by atoms with Crippen LogP contribution in [-0.4, -0.2) is 47.1 Å². The van der Waals surface area contributed by atoms with Gasteiger partial charge in [0.05, 0.1) is 3.57 Å². The summed E-state index contributed by atoms with van der Waals surface area (Å²) in [6.45, 7) is 4.85. The third-order valence-corrected chi connectivity index (χ3v) is 4.53. The van der Waals surface area contributed by atoms with Gasteiger partial charge < -0.3 is 4.90 Å². The van der Waals surface area contributed by atoms with E-state index in [-0.39, 0.29) is 0 Å². The van der Waals surface area contributed by atoms with Gasteiger partial charge in [-0.1, -0.05) is 0 Å². The van der Waals surface area contributed by atoms with E-state index < -0.39 is 0 Å². The second-order valence-corrected chi connectivity index (χ2v) is 5.99. The molecular formula is C12H17IN4. The highest BCUT2D eigenvalue weighted by Crippen LogP contribution is 2.26. The smallest absolute Gasteiger partial charge is 0.145 e. The van der Waals surface area contributed by atoms with E-state index >= 15 is 0 Å². The molecular weight excluding hydrogens is 327 g/mol. The Morgan fingerprint density at radius 2 is 2.06 bits per heavy atom. The number of hydrogen-bond acceptors (Lipinski definition) is 4. The van der Waals surface area contributed by atoms with E-state index in [0.29, 0.717) is 0 Å². The molecule has 0 aromatic carbocycles. The summed E-state index contributed by atoms with van der Waals surface area (Å²) in [4.78, 5) is 13.5. The first-order chi connectivity index (χ1) is 8.34. The van der Waals surface area contributed by atoms with Crippen LogP contribution >= 0.6 is 22.6 Å². The zero-order valence-corrected chi connectivity index (χ0v) is 12.0. The minimum absolute atomic E-state index is 0.739. The Morgan fingerprint density at radius 1 is 1.24 bits per heavy atom. The van der Waals surface area contributed by atoms with Gasteiger partial charge in [0.2, 0.25) is 0 Å². The zero-order valence-electron chi connectivity index (χ0n) is 9.85. The van der Waals surface area contributed by atoms with Crippen LogP contribution in [0, 0.1) is 3.57 Å². The molecule has 1 aromatic rings. The molecule has 1 atom stereocenters. The molecule has 0 aliphatic carbocycles. The van der Waals surface area contributed by atoms with Crippen LogP contribution < -0.4 is 4.90 Å². The van der Waals surface area contributed by atoms with Crippen molar-refractivity contribution >= 4 is 28.4 Å². The first-order valence-corrected chi connectivity index (χ1v) is 7.37. The number of rotatable bonds is 2. The van der Waals surface area contributed by atoms with E-state index in [9.17, 15) is 0 Å². The normalized spacial score (nSPS) is 25.7. The van der Waals surface area contributed by atoms with E-state index in [0.717, 1.165) is 28.5 Å². The van der Waals surface area contributed by atoms with Crippen molar-refractivity contribution in [2.24, 2.45) is 0 Å². The summed E-state index contributed by atoms with van der Waals surface area (Å²) in [6, 6.07) is 0.739. The average Bonchev–Trinajstić information content (AvgIpc) is 3.00. The highest BCUT2D eigenvalue weighted by Gasteiger charge is 2.30. The first-order valence-electron chi connectivity index (χ1n) is 6.29. The lowest BCUT2D eigenvalue weighted by molar-refractivity contribution is 0.260. The number of aromatic nitrogens is 2. The van der Waals surface area contributed by atoms with Crippen LogP contribution in [-0.2, 0) is 0 Å². The summed E-state index contributed by atoms with van der Waals surface area (Å²) in [5, 5.41) is 0. The number of nitrogens with zero attached hydrogens (tertiary/aromatic N) is 4. The molecule has 3 heterocycles. The van der Waals surface area contributed by atoms with Crippen molar-refractivity contribution in [3.05, 3.63) is 16.1 Å². The molecule has 0 radical (unpaired) electrons. The summed E-state index contributed by atoms with van der Waals surface area (Å²) in [5.74, 6) is 1.11. The first kappa shape index (κ1) is 11.6. The predicted molar refractivity (Wildman–Crippen MR) is 76.2 cm³/mol. The summed E-state index contributed by atoms with van der Waals surface area (Å²) >= 11 is 2.33. The maximum Gasteiger partial charge on any atom is 0.145 e. The SMILES string of the molecule is Ic1cncnc1N1CCC(N2CCCC2)C1. The molecule has 2 fully saturated rings. The number of halogens is 1. The molecule has 0 bridgehead atoms. The molecule has 2 aliphatic heterocycles. The van der Waals surface area contributed by atoms with Crippen molar-refractivity contribution in [3.63, 3.8) is 0 Å². The highest BCUT2D eigenvalue weighted by molar-refractivity contribution is 14.1. The Balaban J connectivity index is 1.69. The molecule has 17 heavy (non-hydrogen) atoms. The van der Waals surface area contributed by atoms with Gasteiger partial charge >= 0.3 is 0 Å². The van der Waals surface area contributed by atoms with E-state index in [1.165, 1.54) is 32.4 Å². The summed E-state index contributed by atoms with van der Waals surface area (Å²) < 4.78 is 1.16. The van der Waals surface area contributed by atoms with E-state index in [1.54, 1.807) is 6.33 Å². The Morgan fingerprint density at radius 3 is 2.82 bits per heavy atom. The third-order valence-electron chi connectivity index (χ3n) is 3.77. The van der Waals surface area contributed by atoms with Crippen molar-refractivity contribution in [3.8, 4) is 0 Å². The molecule has 5 heteroatoms. The van der Waals surface area contributed by atoms with Gasteiger partial charge in [-0.05, 0) is 54.9 Å². The molecule has 1 unspecified atom stereocenters. The summed E-state index contributed by atoms with van der Waals surface area (Å²) in [6.07, 6.45) is 7.58. The van der Waals surface area contributed by atoms with Crippen LogP contribution in [0.3, 0.4) is 0 Å². The van der Waals surface area contributed by atoms with Crippen LogP contribution in [0.4, 0.5) is 5.82 Å². The van der Waals surface area contributed by atoms with Gasteiger partial charge in [0.25, 0.3) is 0 Å². The third kappa shape index (κ3) is 2.40. The lowest BCUT2D eigenvalue weighted by Crippen LogP contribution is -2.35. The number of hydrogen-bond donors (Lipinski definition) is 0. The van der Waals surface area contributed by atoms with E-state index in [1.807, 2.05) is 6.20 Å². The average molecular weight is 344 g/mol. The fraction of sp³-hybridized carbons (Fsp3) is 0.667. The maximum atomic E-state index is 4.41. The molecule has 0 N–H and O–H groups in total. The van der Waals surface area contributed by atoms with Crippen molar-refractivity contribution in [2.75, 3.05) is 31.1 Å². The minimum atomic E-state index is 0.739. The number of anilines is 1. The monoisotopic (exact) mass is 344 g/mol. The van der Waals surface area contributed by atoms with E-state index in [2.05, 4.69) is 42.4 Å². The second-order valence-electron chi connectivity index (χ2n) is 4.83. The Hall–Kier alpha value is -0.430. The van der Waals surface area contributed by atoms with E-state index in [4.69, 9.17) is 0 Å². The number of likely N-dealkylation sites (tertiary alicyclic amines) is 1. The molecule has 3 rings (SSSR count). The van der Waals surface area contributed by atoms with Gasteiger partial charge in [0.1, 0.15) is 12.1 Å². The van der Waals surface area contributed by atoms with Crippen molar-refractivity contribution < 1.29 is 0 Å². The maximum absolute atomic E-state index is 4.41. The molecule has 0 spiro atoms. The second kappa shape index (κ2) is 5.06. The van der Waals surface area contributed by atoms with Gasteiger partial charge in [-0.15, -0.1) is 0 Å². The molecule has 4 nitrogen and oxygen atoms in total. The van der Waals surface area contributed by atoms with Gasteiger partial charge in [0, 0.05) is 25.3 Å². The largest absolute Gasteiger partial charge is 0.354 e. The van der Waals surface area contributed by atoms with Crippen molar-refractivity contribution in [2.45, 2.75) is 25.3 Å². The highest BCUT2D eigenvalue weighted by atomic mass is 127. The Labute approximate surface area is 116 Å². The topological polar surface area (TPSA) is 32.3 Å². The van der Waals surface area contributed by atoms with Crippen molar-refractivity contribution in [1.82, 2.24) is 14.9 Å². The molecule has 92 valence electrons. The van der Waals surface area contributed by atoms with Crippen LogP contribution in [0.5, 0.6) is 0 Å². The van der Waals surface area contributed by atoms with Crippen LogP contribution in [0.1, 0.15) is 19.3 Å². The van der Waals surface area contributed by atoms with Gasteiger partial charge in [-0.25, -0.2) is 9.97 Å². The zero-order chi connectivity index (χ0) is 11.7. The molecule has 2 aliphatic rings. The van der Waals surface area contributed by atoms with Gasteiger partial charge in [0.15, 0.2) is 0 Å². The lowest BCUT2D eigenvalue weighted by atomic mass is 10.2. The molecule has 0 saturated carbocycles. The standard InChI is InChI=1S/C12H17IN4/c13-11-7-14-9-15-12(11)17-6-3-10(8-17)16-4-1-2-5-16/h7,9-10H,1-6,8H2.